The minimum Gasteiger partial charge on any atom is -0.383 e. The highest BCUT2D eigenvalue weighted by atomic mass is 127. The predicted octanol–water partition coefficient (Wildman–Crippen LogP) is 3.18. The molecule has 23 heavy (non-hydrogen) atoms. The van der Waals surface area contributed by atoms with Gasteiger partial charge in [-0.05, 0) is 46.0 Å². The maximum Gasteiger partial charge on any atom is 0.191 e. The molecule has 1 aliphatic rings. The lowest BCUT2D eigenvalue weighted by Crippen LogP contribution is -2.44. The molecule has 1 aliphatic carbocycles. The number of aliphatic imine (C=N–C) groups is 1. The van der Waals surface area contributed by atoms with Crippen molar-refractivity contribution in [1.82, 2.24) is 10.6 Å². The van der Waals surface area contributed by atoms with Crippen molar-refractivity contribution in [2.75, 3.05) is 33.4 Å². The van der Waals surface area contributed by atoms with Gasteiger partial charge in [-0.15, -0.1) is 24.0 Å². The quantitative estimate of drug-likeness (QED) is 0.311. The monoisotopic (exact) mass is 441 g/mol. The molecule has 0 saturated heterocycles. The van der Waals surface area contributed by atoms with E-state index in [4.69, 9.17) is 9.47 Å². The Balaban J connectivity index is 0.00000484. The van der Waals surface area contributed by atoms with Crippen LogP contribution < -0.4 is 10.6 Å². The van der Waals surface area contributed by atoms with Crippen molar-refractivity contribution in [1.29, 1.82) is 0 Å². The van der Waals surface area contributed by atoms with Gasteiger partial charge in [0.05, 0.1) is 12.7 Å². The van der Waals surface area contributed by atoms with Crippen LogP contribution in [-0.4, -0.2) is 51.5 Å². The molecule has 2 N–H and O–H groups in total. The average molecular weight is 441 g/mol. The van der Waals surface area contributed by atoms with Gasteiger partial charge in [0, 0.05) is 32.8 Å². The molecule has 1 fully saturated rings. The van der Waals surface area contributed by atoms with Crippen LogP contribution in [0.4, 0.5) is 0 Å². The van der Waals surface area contributed by atoms with E-state index in [1.54, 1.807) is 7.11 Å². The molecular weight excluding hydrogens is 405 g/mol. The third-order valence-electron chi connectivity index (χ3n) is 4.13. The van der Waals surface area contributed by atoms with Crippen molar-refractivity contribution in [2.45, 2.75) is 65.0 Å². The van der Waals surface area contributed by atoms with E-state index >= 15 is 0 Å². The number of halogens is 1. The zero-order valence-corrected chi connectivity index (χ0v) is 17.6. The molecule has 0 radical (unpaired) electrons. The van der Waals surface area contributed by atoms with E-state index < -0.39 is 0 Å². The van der Waals surface area contributed by atoms with Crippen molar-refractivity contribution in [2.24, 2.45) is 10.9 Å². The van der Waals surface area contributed by atoms with Crippen molar-refractivity contribution >= 4 is 29.9 Å². The van der Waals surface area contributed by atoms with Crippen LogP contribution in [0.1, 0.15) is 52.9 Å². The van der Waals surface area contributed by atoms with Gasteiger partial charge in [-0.25, -0.2) is 0 Å². The molecule has 0 aromatic carbocycles. The van der Waals surface area contributed by atoms with Crippen molar-refractivity contribution in [3.63, 3.8) is 0 Å². The van der Waals surface area contributed by atoms with Crippen LogP contribution in [-0.2, 0) is 9.47 Å². The number of nitrogens with zero attached hydrogens (tertiary/aromatic N) is 1. The molecule has 2 unspecified atom stereocenters. The Morgan fingerprint density at radius 1 is 1.26 bits per heavy atom. The van der Waals surface area contributed by atoms with Gasteiger partial charge in [0.15, 0.2) is 5.96 Å². The Labute approximate surface area is 159 Å². The fourth-order valence-electron chi connectivity index (χ4n) is 3.15. The predicted molar refractivity (Wildman–Crippen MR) is 108 cm³/mol. The SMILES string of the molecule is CCNC(=NCCC(OCC)C1CCCC1)NC(C)COC.I. The first-order valence-electron chi connectivity index (χ1n) is 8.86. The van der Waals surface area contributed by atoms with E-state index in [-0.39, 0.29) is 30.0 Å². The summed E-state index contributed by atoms with van der Waals surface area (Å²) in [5.41, 5.74) is 0. The fourth-order valence-corrected chi connectivity index (χ4v) is 3.15. The fraction of sp³-hybridized carbons (Fsp3) is 0.941. The van der Waals surface area contributed by atoms with Gasteiger partial charge in [0.1, 0.15) is 0 Å². The molecule has 5 nitrogen and oxygen atoms in total. The van der Waals surface area contributed by atoms with Crippen LogP contribution >= 0.6 is 24.0 Å². The van der Waals surface area contributed by atoms with Crippen LogP contribution in [0, 0.1) is 5.92 Å². The summed E-state index contributed by atoms with van der Waals surface area (Å²) in [5, 5.41) is 6.66. The minimum absolute atomic E-state index is 0. The Bertz CT molecular complexity index is 310. The number of hydrogen-bond acceptors (Lipinski definition) is 3. The van der Waals surface area contributed by atoms with Gasteiger partial charge in [0.25, 0.3) is 0 Å². The molecule has 138 valence electrons. The van der Waals surface area contributed by atoms with Crippen LogP contribution in [0.2, 0.25) is 0 Å². The van der Waals surface area contributed by atoms with Crippen molar-refractivity contribution in [3.8, 4) is 0 Å². The van der Waals surface area contributed by atoms with Gasteiger partial charge in [-0.3, -0.25) is 4.99 Å². The molecule has 0 heterocycles. The summed E-state index contributed by atoms with van der Waals surface area (Å²) >= 11 is 0. The first kappa shape index (κ1) is 22.9. The van der Waals surface area contributed by atoms with E-state index in [1.165, 1.54) is 25.7 Å². The number of ether oxygens (including phenoxy) is 2. The number of hydrogen-bond donors (Lipinski definition) is 2. The maximum absolute atomic E-state index is 5.96. The number of nitrogens with one attached hydrogen (secondary N) is 2. The van der Waals surface area contributed by atoms with E-state index in [9.17, 15) is 0 Å². The second-order valence-electron chi connectivity index (χ2n) is 6.09. The van der Waals surface area contributed by atoms with Crippen LogP contribution in [0.5, 0.6) is 0 Å². The van der Waals surface area contributed by atoms with Crippen molar-refractivity contribution in [3.05, 3.63) is 0 Å². The number of guanidine groups is 1. The van der Waals surface area contributed by atoms with Gasteiger partial charge in [-0.1, -0.05) is 12.8 Å². The molecule has 1 saturated carbocycles. The van der Waals surface area contributed by atoms with Gasteiger partial charge < -0.3 is 20.1 Å². The lowest BCUT2D eigenvalue weighted by Gasteiger charge is -2.23. The lowest BCUT2D eigenvalue weighted by atomic mass is 9.98. The number of rotatable bonds is 10. The molecule has 0 aromatic rings. The molecule has 0 aliphatic heterocycles. The van der Waals surface area contributed by atoms with Gasteiger partial charge in [0.2, 0.25) is 0 Å². The summed E-state index contributed by atoms with van der Waals surface area (Å²) in [6.07, 6.45) is 6.73. The first-order chi connectivity index (χ1) is 10.7. The summed E-state index contributed by atoms with van der Waals surface area (Å²) in [6.45, 7) is 9.41. The van der Waals surface area contributed by atoms with E-state index in [0.717, 1.165) is 38.0 Å². The summed E-state index contributed by atoms with van der Waals surface area (Å²) in [4.78, 5) is 4.69. The summed E-state index contributed by atoms with van der Waals surface area (Å²) < 4.78 is 11.1. The summed E-state index contributed by atoms with van der Waals surface area (Å²) in [7, 11) is 1.72. The van der Waals surface area contributed by atoms with Crippen LogP contribution in [0.3, 0.4) is 0 Å². The van der Waals surface area contributed by atoms with E-state index in [1.807, 2.05) is 0 Å². The smallest absolute Gasteiger partial charge is 0.191 e. The molecule has 0 aromatic heterocycles. The molecule has 1 rings (SSSR count). The summed E-state index contributed by atoms with van der Waals surface area (Å²) in [5.74, 6) is 1.60. The lowest BCUT2D eigenvalue weighted by molar-refractivity contribution is 0.0177. The zero-order chi connectivity index (χ0) is 16.2. The Kier molecular flexibility index (Phi) is 14.2. The van der Waals surface area contributed by atoms with E-state index in [2.05, 4.69) is 36.4 Å². The van der Waals surface area contributed by atoms with Gasteiger partial charge in [-0.2, -0.15) is 0 Å². The highest BCUT2D eigenvalue weighted by Crippen LogP contribution is 2.30. The standard InChI is InChI=1S/C17H35N3O2.HI/c1-5-18-17(20-14(3)13-21-4)19-12-11-16(22-6-2)15-9-7-8-10-15;/h14-16H,5-13H2,1-4H3,(H2,18,19,20);1H. The molecule has 0 spiro atoms. The van der Waals surface area contributed by atoms with E-state index in [0.29, 0.717) is 12.7 Å². The Hall–Kier alpha value is -0.0800. The normalized spacial score (nSPS) is 18.3. The van der Waals surface area contributed by atoms with Crippen LogP contribution in [0.15, 0.2) is 4.99 Å². The topological polar surface area (TPSA) is 54.9 Å². The van der Waals surface area contributed by atoms with Gasteiger partial charge >= 0.3 is 0 Å². The molecule has 6 heteroatoms. The first-order valence-corrected chi connectivity index (χ1v) is 8.86. The maximum atomic E-state index is 5.96. The summed E-state index contributed by atoms with van der Waals surface area (Å²) in [6, 6.07) is 0.250. The van der Waals surface area contributed by atoms with Crippen molar-refractivity contribution < 1.29 is 9.47 Å². The molecule has 0 bridgehead atoms. The third kappa shape index (κ3) is 9.72. The Morgan fingerprint density at radius 2 is 1.96 bits per heavy atom. The molecule has 2 atom stereocenters. The minimum atomic E-state index is 0. The second kappa shape index (κ2) is 14.3. The highest BCUT2D eigenvalue weighted by molar-refractivity contribution is 14.0. The number of methoxy groups -OCH3 is 1. The Morgan fingerprint density at radius 3 is 2.52 bits per heavy atom. The second-order valence-corrected chi connectivity index (χ2v) is 6.09. The largest absolute Gasteiger partial charge is 0.383 e. The third-order valence-corrected chi connectivity index (χ3v) is 4.13. The molecule has 0 amide bonds. The zero-order valence-electron chi connectivity index (χ0n) is 15.3. The highest BCUT2D eigenvalue weighted by Gasteiger charge is 2.24. The average Bonchev–Trinajstić information content (AvgIpc) is 3.01. The van der Waals surface area contributed by atoms with Crippen LogP contribution in [0.25, 0.3) is 0 Å². The molecular formula is C17H36IN3O2.